The third-order valence-corrected chi connectivity index (χ3v) is 6.03. The van der Waals surface area contributed by atoms with E-state index in [1.807, 2.05) is 0 Å². The van der Waals surface area contributed by atoms with Crippen molar-refractivity contribution in [1.29, 1.82) is 0 Å². The van der Waals surface area contributed by atoms with Crippen molar-refractivity contribution in [1.82, 2.24) is 9.62 Å². The standard InChI is InChI=1S/C17H28N2O4S/c1-13(2)19-9-7-14(8-10-19)12-18-24(20,21)15-5-6-16(22-3)17(11-15)23-4/h5-6,11,13-14,18H,7-10,12H2,1-4H3. The first-order chi connectivity index (χ1) is 11.4. The number of ether oxygens (including phenoxy) is 2. The molecule has 1 aromatic carbocycles. The highest BCUT2D eigenvalue weighted by Gasteiger charge is 2.23. The summed E-state index contributed by atoms with van der Waals surface area (Å²) in [5.74, 6) is 1.30. The van der Waals surface area contributed by atoms with Gasteiger partial charge in [0.05, 0.1) is 19.1 Å². The van der Waals surface area contributed by atoms with E-state index in [0.29, 0.717) is 30.0 Å². The number of sulfonamides is 1. The van der Waals surface area contributed by atoms with Gasteiger partial charge >= 0.3 is 0 Å². The molecule has 1 saturated heterocycles. The van der Waals surface area contributed by atoms with Gasteiger partial charge in [-0.25, -0.2) is 13.1 Å². The molecule has 0 amide bonds. The molecule has 136 valence electrons. The Morgan fingerprint density at radius 3 is 2.33 bits per heavy atom. The van der Waals surface area contributed by atoms with Crippen molar-refractivity contribution in [2.45, 2.75) is 37.6 Å². The third-order valence-electron chi connectivity index (χ3n) is 4.61. The molecule has 0 saturated carbocycles. The average Bonchev–Trinajstić information content (AvgIpc) is 2.59. The minimum Gasteiger partial charge on any atom is -0.493 e. The minimum absolute atomic E-state index is 0.194. The Labute approximate surface area is 145 Å². The van der Waals surface area contributed by atoms with E-state index in [-0.39, 0.29) is 4.90 Å². The SMILES string of the molecule is COc1ccc(S(=O)(=O)NCC2CCN(C(C)C)CC2)cc1OC. The van der Waals surface area contributed by atoms with Gasteiger partial charge in [-0.1, -0.05) is 0 Å². The fourth-order valence-electron chi connectivity index (χ4n) is 2.97. The number of rotatable bonds is 7. The summed E-state index contributed by atoms with van der Waals surface area (Å²) in [6.45, 7) is 6.92. The molecule has 1 aliphatic heterocycles. The summed E-state index contributed by atoms with van der Waals surface area (Å²) in [5.41, 5.74) is 0. The van der Waals surface area contributed by atoms with Gasteiger partial charge in [0.15, 0.2) is 11.5 Å². The van der Waals surface area contributed by atoms with Crippen molar-refractivity contribution in [2.24, 2.45) is 5.92 Å². The lowest BCUT2D eigenvalue weighted by molar-refractivity contribution is 0.151. The Hall–Kier alpha value is -1.31. The van der Waals surface area contributed by atoms with Gasteiger partial charge in [-0.15, -0.1) is 0 Å². The van der Waals surface area contributed by atoms with Crippen LogP contribution in [0.2, 0.25) is 0 Å². The van der Waals surface area contributed by atoms with Crippen LogP contribution < -0.4 is 14.2 Å². The monoisotopic (exact) mass is 356 g/mol. The largest absolute Gasteiger partial charge is 0.493 e. The fourth-order valence-corrected chi connectivity index (χ4v) is 4.10. The fraction of sp³-hybridized carbons (Fsp3) is 0.647. The third kappa shape index (κ3) is 4.62. The van der Waals surface area contributed by atoms with Crippen molar-refractivity contribution < 1.29 is 17.9 Å². The van der Waals surface area contributed by atoms with E-state index in [0.717, 1.165) is 25.9 Å². The second kappa shape index (κ2) is 8.18. The van der Waals surface area contributed by atoms with Gasteiger partial charge in [0, 0.05) is 18.7 Å². The van der Waals surface area contributed by atoms with Gasteiger partial charge in [0.25, 0.3) is 0 Å². The lowest BCUT2D eigenvalue weighted by Crippen LogP contribution is -2.41. The highest BCUT2D eigenvalue weighted by atomic mass is 32.2. The van der Waals surface area contributed by atoms with E-state index >= 15 is 0 Å². The predicted molar refractivity (Wildman–Crippen MR) is 94.2 cm³/mol. The molecule has 1 aliphatic rings. The lowest BCUT2D eigenvalue weighted by atomic mass is 9.96. The van der Waals surface area contributed by atoms with Gasteiger partial charge in [-0.05, 0) is 57.8 Å². The van der Waals surface area contributed by atoms with E-state index in [2.05, 4.69) is 23.5 Å². The zero-order chi connectivity index (χ0) is 17.7. The summed E-state index contributed by atoms with van der Waals surface area (Å²) in [7, 11) is -0.534. The predicted octanol–water partition coefficient (Wildman–Crippen LogP) is 2.10. The zero-order valence-electron chi connectivity index (χ0n) is 14.9. The zero-order valence-corrected chi connectivity index (χ0v) is 15.7. The number of hydrogen-bond donors (Lipinski definition) is 1. The van der Waals surface area contributed by atoms with Crippen LogP contribution in [0.25, 0.3) is 0 Å². The van der Waals surface area contributed by atoms with Crippen molar-refractivity contribution >= 4 is 10.0 Å². The first kappa shape index (κ1) is 19.0. The number of hydrogen-bond acceptors (Lipinski definition) is 5. The number of nitrogens with zero attached hydrogens (tertiary/aromatic N) is 1. The van der Waals surface area contributed by atoms with Crippen LogP contribution in [-0.2, 0) is 10.0 Å². The molecule has 0 bridgehead atoms. The minimum atomic E-state index is -3.55. The molecule has 0 atom stereocenters. The first-order valence-electron chi connectivity index (χ1n) is 8.33. The Balaban J connectivity index is 1.97. The maximum atomic E-state index is 12.5. The number of nitrogens with one attached hydrogen (secondary N) is 1. The Morgan fingerprint density at radius 1 is 1.17 bits per heavy atom. The Kier molecular flexibility index (Phi) is 6.48. The smallest absolute Gasteiger partial charge is 0.240 e. The van der Waals surface area contributed by atoms with Gasteiger partial charge < -0.3 is 14.4 Å². The highest BCUT2D eigenvalue weighted by molar-refractivity contribution is 7.89. The molecule has 0 aromatic heterocycles. The molecule has 7 heteroatoms. The highest BCUT2D eigenvalue weighted by Crippen LogP contribution is 2.29. The molecule has 6 nitrogen and oxygen atoms in total. The first-order valence-corrected chi connectivity index (χ1v) is 9.81. The second-order valence-electron chi connectivity index (χ2n) is 6.44. The molecule has 1 fully saturated rings. The van der Waals surface area contributed by atoms with Crippen LogP contribution in [0.4, 0.5) is 0 Å². The number of methoxy groups -OCH3 is 2. The molecule has 0 aliphatic carbocycles. The van der Waals surface area contributed by atoms with Crippen LogP contribution in [-0.4, -0.2) is 53.2 Å². The number of benzene rings is 1. The maximum Gasteiger partial charge on any atom is 0.240 e. The quantitative estimate of drug-likeness (QED) is 0.810. The number of piperidine rings is 1. The maximum absolute atomic E-state index is 12.5. The second-order valence-corrected chi connectivity index (χ2v) is 8.21. The van der Waals surface area contributed by atoms with Crippen LogP contribution in [0.3, 0.4) is 0 Å². The molecule has 1 aromatic rings. The van der Waals surface area contributed by atoms with E-state index in [9.17, 15) is 8.42 Å². The summed E-state index contributed by atoms with van der Waals surface area (Å²) < 4.78 is 38.1. The topological polar surface area (TPSA) is 67.9 Å². The molecule has 2 rings (SSSR count). The van der Waals surface area contributed by atoms with E-state index < -0.39 is 10.0 Å². The molecule has 1 heterocycles. The van der Waals surface area contributed by atoms with Crippen LogP contribution in [0.5, 0.6) is 11.5 Å². The van der Waals surface area contributed by atoms with Crippen LogP contribution >= 0.6 is 0 Å². The van der Waals surface area contributed by atoms with Crippen LogP contribution in [0.15, 0.2) is 23.1 Å². The van der Waals surface area contributed by atoms with Crippen LogP contribution in [0.1, 0.15) is 26.7 Å². The van der Waals surface area contributed by atoms with Crippen molar-refractivity contribution in [3.8, 4) is 11.5 Å². The molecule has 0 unspecified atom stereocenters. The summed E-state index contributed by atoms with van der Waals surface area (Å²) in [6.07, 6.45) is 2.04. The molecule has 0 radical (unpaired) electrons. The Bertz CT molecular complexity index is 638. The van der Waals surface area contributed by atoms with Gasteiger partial charge in [-0.3, -0.25) is 0 Å². The summed E-state index contributed by atoms with van der Waals surface area (Å²) in [4.78, 5) is 2.62. The number of likely N-dealkylation sites (tertiary alicyclic amines) is 1. The normalized spacial score (nSPS) is 17.2. The summed E-state index contributed by atoms with van der Waals surface area (Å²) >= 11 is 0. The Morgan fingerprint density at radius 2 is 1.79 bits per heavy atom. The summed E-state index contributed by atoms with van der Waals surface area (Å²) in [5, 5.41) is 0. The van der Waals surface area contributed by atoms with E-state index in [4.69, 9.17) is 9.47 Å². The average molecular weight is 356 g/mol. The molecule has 24 heavy (non-hydrogen) atoms. The molecule has 0 spiro atoms. The van der Waals surface area contributed by atoms with Gasteiger partial charge in [0.1, 0.15) is 0 Å². The van der Waals surface area contributed by atoms with Gasteiger partial charge in [-0.2, -0.15) is 0 Å². The summed E-state index contributed by atoms with van der Waals surface area (Å²) in [6, 6.07) is 5.18. The van der Waals surface area contributed by atoms with Crippen molar-refractivity contribution in [2.75, 3.05) is 33.9 Å². The van der Waals surface area contributed by atoms with Gasteiger partial charge in [0.2, 0.25) is 10.0 Å². The van der Waals surface area contributed by atoms with Crippen LogP contribution in [0, 0.1) is 5.92 Å². The molecular weight excluding hydrogens is 328 g/mol. The molecule has 1 N–H and O–H groups in total. The van der Waals surface area contributed by atoms with Crippen molar-refractivity contribution in [3.05, 3.63) is 18.2 Å². The lowest BCUT2D eigenvalue weighted by Gasteiger charge is -2.34. The molecular formula is C17H28N2O4S. The van der Waals surface area contributed by atoms with E-state index in [1.165, 1.54) is 26.4 Å². The van der Waals surface area contributed by atoms with Crippen molar-refractivity contribution in [3.63, 3.8) is 0 Å². The van der Waals surface area contributed by atoms with E-state index in [1.54, 1.807) is 6.07 Å².